The van der Waals surface area contributed by atoms with Crippen molar-refractivity contribution in [2.24, 2.45) is 5.18 Å². The van der Waals surface area contributed by atoms with Gasteiger partial charge in [-0.15, -0.1) is 4.91 Å². The van der Waals surface area contributed by atoms with Crippen molar-refractivity contribution >= 4 is 16.6 Å². The standard InChI is InChI=1S/C12H13N3O/c1-12(2,15-16)11-9(13)7-8-5-3-4-6-10(8)14-11/h3-7H,13H2,1-2H3. The molecule has 0 saturated heterocycles. The van der Waals surface area contributed by atoms with Crippen molar-refractivity contribution in [2.75, 3.05) is 5.73 Å². The molecule has 2 N–H and O–H groups in total. The van der Waals surface area contributed by atoms with Gasteiger partial charge < -0.3 is 5.73 Å². The van der Waals surface area contributed by atoms with E-state index in [0.29, 0.717) is 11.4 Å². The van der Waals surface area contributed by atoms with Crippen LogP contribution in [0.4, 0.5) is 5.69 Å². The predicted molar refractivity (Wildman–Crippen MR) is 65.0 cm³/mol. The van der Waals surface area contributed by atoms with E-state index in [1.807, 2.05) is 30.3 Å². The summed E-state index contributed by atoms with van der Waals surface area (Å²) in [6.07, 6.45) is 0. The first-order valence-electron chi connectivity index (χ1n) is 5.05. The van der Waals surface area contributed by atoms with Gasteiger partial charge in [-0.25, -0.2) is 4.98 Å². The number of aromatic nitrogens is 1. The molecule has 0 amide bonds. The fourth-order valence-electron chi connectivity index (χ4n) is 1.67. The molecule has 4 heteroatoms. The summed E-state index contributed by atoms with van der Waals surface area (Å²) in [5, 5.41) is 4.03. The van der Waals surface area contributed by atoms with Crippen molar-refractivity contribution in [1.82, 2.24) is 4.98 Å². The smallest absolute Gasteiger partial charge is 0.141 e. The number of fused-ring (bicyclic) bond motifs is 1. The lowest BCUT2D eigenvalue weighted by atomic mass is 9.98. The Kier molecular flexibility index (Phi) is 2.34. The van der Waals surface area contributed by atoms with Crippen LogP contribution in [0.2, 0.25) is 0 Å². The van der Waals surface area contributed by atoms with Crippen LogP contribution in [0.3, 0.4) is 0 Å². The molecule has 1 aromatic carbocycles. The lowest BCUT2D eigenvalue weighted by molar-refractivity contribution is 0.538. The average molecular weight is 215 g/mol. The van der Waals surface area contributed by atoms with E-state index in [0.717, 1.165) is 10.9 Å². The van der Waals surface area contributed by atoms with Gasteiger partial charge in [-0.2, -0.15) is 0 Å². The third kappa shape index (κ3) is 1.62. The predicted octanol–water partition coefficient (Wildman–Crippen LogP) is 2.82. The van der Waals surface area contributed by atoms with Gasteiger partial charge in [0.2, 0.25) is 0 Å². The van der Waals surface area contributed by atoms with Crippen molar-refractivity contribution in [1.29, 1.82) is 0 Å². The maximum absolute atomic E-state index is 10.8. The summed E-state index contributed by atoms with van der Waals surface area (Å²) in [6, 6.07) is 9.47. The zero-order valence-corrected chi connectivity index (χ0v) is 9.27. The van der Waals surface area contributed by atoms with Crippen molar-refractivity contribution in [3.8, 4) is 0 Å². The Morgan fingerprint density at radius 1 is 1.31 bits per heavy atom. The zero-order valence-electron chi connectivity index (χ0n) is 9.27. The van der Waals surface area contributed by atoms with Crippen LogP contribution >= 0.6 is 0 Å². The SMILES string of the molecule is CC(C)(N=O)c1nc2ccccc2cc1N. The lowest BCUT2D eigenvalue weighted by Crippen LogP contribution is -2.17. The van der Waals surface area contributed by atoms with E-state index in [-0.39, 0.29) is 0 Å². The van der Waals surface area contributed by atoms with Gasteiger partial charge in [0.05, 0.1) is 16.9 Å². The van der Waals surface area contributed by atoms with E-state index in [1.54, 1.807) is 13.8 Å². The first-order chi connectivity index (χ1) is 7.54. The molecule has 0 aliphatic heterocycles. The van der Waals surface area contributed by atoms with E-state index in [2.05, 4.69) is 10.2 Å². The summed E-state index contributed by atoms with van der Waals surface area (Å²) < 4.78 is 0. The highest BCUT2D eigenvalue weighted by molar-refractivity contribution is 5.82. The molecular formula is C12H13N3O. The Labute approximate surface area is 93.5 Å². The number of hydrogen-bond acceptors (Lipinski definition) is 4. The molecule has 2 rings (SSSR count). The second-order valence-corrected chi connectivity index (χ2v) is 4.27. The third-order valence-corrected chi connectivity index (χ3v) is 2.56. The Bertz CT molecular complexity index is 549. The highest BCUT2D eigenvalue weighted by Crippen LogP contribution is 2.29. The summed E-state index contributed by atoms with van der Waals surface area (Å²) >= 11 is 0. The maximum atomic E-state index is 10.8. The lowest BCUT2D eigenvalue weighted by Gasteiger charge is -2.17. The summed E-state index contributed by atoms with van der Waals surface area (Å²) in [4.78, 5) is 15.2. The van der Waals surface area contributed by atoms with Gasteiger partial charge in [0.25, 0.3) is 0 Å². The second kappa shape index (κ2) is 3.56. The van der Waals surface area contributed by atoms with Gasteiger partial charge in [0.15, 0.2) is 0 Å². The molecule has 0 saturated carbocycles. The number of hydrogen-bond donors (Lipinski definition) is 1. The number of benzene rings is 1. The van der Waals surface area contributed by atoms with Crippen LogP contribution in [0.15, 0.2) is 35.5 Å². The Morgan fingerprint density at radius 3 is 2.69 bits per heavy atom. The molecule has 1 heterocycles. The van der Waals surface area contributed by atoms with Gasteiger partial charge in [0.1, 0.15) is 5.54 Å². The minimum absolute atomic E-state index is 0.503. The summed E-state index contributed by atoms with van der Waals surface area (Å²) in [6.45, 7) is 3.40. The number of nitrogens with zero attached hydrogens (tertiary/aromatic N) is 2. The molecule has 1 aromatic heterocycles. The van der Waals surface area contributed by atoms with E-state index < -0.39 is 5.54 Å². The highest BCUT2D eigenvalue weighted by atomic mass is 16.3. The molecule has 0 spiro atoms. The molecule has 0 bridgehead atoms. The number of pyridine rings is 1. The van der Waals surface area contributed by atoms with Crippen molar-refractivity contribution in [2.45, 2.75) is 19.4 Å². The van der Waals surface area contributed by atoms with Crippen LogP contribution in [0.25, 0.3) is 10.9 Å². The van der Waals surface area contributed by atoms with Gasteiger partial charge in [-0.05, 0) is 26.0 Å². The third-order valence-electron chi connectivity index (χ3n) is 2.56. The quantitative estimate of drug-likeness (QED) is 0.783. The number of rotatable bonds is 2. The van der Waals surface area contributed by atoms with Crippen LogP contribution in [0.1, 0.15) is 19.5 Å². The molecule has 0 radical (unpaired) electrons. The van der Waals surface area contributed by atoms with E-state index in [9.17, 15) is 4.91 Å². The molecular weight excluding hydrogens is 202 g/mol. The monoisotopic (exact) mass is 215 g/mol. The van der Waals surface area contributed by atoms with Crippen molar-refractivity contribution < 1.29 is 0 Å². The van der Waals surface area contributed by atoms with E-state index in [1.165, 1.54) is 0 Å². The normalized spacial score (nSPS) is 11.6. The first-order valence-corrected chi connectivity index (χ1v) is 5.05. The molecule has 82 valence electrons. The number of nitrogen functional groups attached to an aromatic ring is 1. The zero-order chi connectivity index (χ0) is 11.8. The maximum Gasteiger partial charge on any atom is 0.141 e. The fourth-order valence-corrected chi connectivity index (χ4v) is 1.67. The fraction of sp³-hybridized carbons (Fsp3) is 0.250. The minimum atomic E-state index is -0.895. The van der Waals surface area contributed by atoms with Crippen molar-refractivity contribution in [3.63, 3.8) is 0 Å². The minimum Gasteiger partial charge on any atom is -0.397 e. The molecule has 0 atom stereocenters. The summed E-state index contributed by atoms with van der Waals surface area (Å²) in [7, 11) is 0. The number of nitrogens with two attached hydrogens (primary N) is 1. The molecule has 0 unspecified atom stereocenters. The Hall–Kier alpha value is -1.97. The van der Waals surface area contributed by atoms with Crippen LogP contribution in [-0.2, 0) is 5.54 Å². The molecule has 2 aromatic rings. The largest absolute Gasteiger partial charge is 0.397 e. The molecule has 4 nitrogen and oxygen atoms in total. The van der Waals surface area contributed by atoms with Gasteiger partial charge in [0, 0.05) is 5.39 Å². The molecule has 0 aliphatic carbocycles. The van der Waals surface area contributed by atoms with E-state index in [4.69, 9.17) is 5.73 Å². The molecule has 0 aliphatic rings. The number of nitroso groups, excluding NO2 is 1. The highest BCUT2D eigenvalue weighted by Gasteiger charge is 2.26. The van der Waals surface area contributed by atoms with Gasteiger partial charge in [-0.1, -0.05) is 23.4 Å². The summed E-state index contributed by atoms with van der Waals surface area (Å²) in [5.74, 6) is 0. The van der Waals surface area contributed by atoms with Crippen LogP contribution in [-0.4, -0.2) is 4.98 Å². The molecule has 0 fully saturated rings. The van der Waals surface area contributed by atoms with Crippen LogP contribution in [0, 0.1) is 4.91 Å². The van der Waals surface area contributed by atoms with Crippen LogP contribution in [0.5, 0.6) is 0 Å². The van der Waals surface area contributed by atoms with Gasteiger partial charge in [-0.3, -0.25) is 0 Å². The second-order valence-electron chi connectivity index (χ2n) is 4.27. The number of para-hydroxylation sites is 1. The van der Waals surface area contributed by atoms with Gasteiger partial charge >= 0.3 is 0 Å². The first kappa shape index (κ1) is 10.5. The van der Waals surface area contributed by atoms with Crippen LogP contribution < -0.4 is 5.73 Å². The summed E-state index contributed by atoms with van der Waals surface area (Å²) in [5.41, 5.74) is 6.85. The van der Waals surface area contributed by atoms with Crippen molar-refractivity contribution in [3.05, 3.63) is 40.9 Å². The Balaban J connectivity index is 2.72. The Morgan fingerprint density at radius 2 is 2.00 bits per heavy atom. The topological polar surface area (TPSA) is 68.3 Å². The van der Waals surface area contributed by atoms with E-state index >= 15 is 0 Å². The molecule has 16 heavy (non-hydrogen) atoms. The average Bonchev–Trinajstić information content (AvgIpc) is 2.28. The number of anilines is 1.